The molecule has 1 aliphatic heterocycles. The average Bonchev–Trinajstić information content (AvgIpc) is 2.65. The van der Waals surface area contributed by atoms with E-state index in [2.05, 4.69) is 5.32 Å². The summed E-state index contributed by atoms with van der Waals surface area (Å²) in [5.41, 5.74) is 1.85. The molecule has 0 amide bonds. The zero-order chi connectivity index (χ0) is 13.3. The third kappa shape index (κ3) is 2.72. The summed E-state index contributed by atoms with van der Waals surface area (Å²) in [4.78, 5) is 0. The van der Waals surface area contributed by atoms with Crippen LogP contribution in [-0.2, 0) is 9.84 Å². The van der Waals surface area contributed by atoms with Crippen LogP contribution < -0.4 is 5.32 Å². The second-order valence-corrected chi connectivity index (χ2v) is 7.16. The van der Waals surface area contributed by atoms with Crippen molar-refractivity contribution in [1.82, 2.24) is 5.32 Å². The minimum atomic E-state index is -2.92. The van der Waals surface area contributed by atoms with Gasteiger partial charge in [0.05, 0.1) is 11.5 Å². The van der Waals surface area contributed by atoms with Gasteiger partial charge in [-0.25, -0.2) is 12.8 Å². The van der Waals surface area contributed by atoms with E-state index in [-0.39, 0.29) is 29.3 Å². The molecule has 0 aromatic heterocycles. The number of benzene rings is 1. The lowest BCUT2D eigenvalue weighted by molar-refractivity contribution is 0.415. The molecule has 0 spiro atoms. The summed E-state index contributed by atoms with van der Waals surface area (Å²) < 4.78 is 36.4. The summed E-state index contributed by atoms with van der Waals surface area (Å²) in [6.07, 6.45) is 0.643. The summed E-state index contributed by atoms with van der Waals surface area (Å²) >= 11 is 0. The van der Waals surface area contributed by atoms with Gasteiger partial charge in [0.15, 0.2) is 9.84 Å². The van der Waals surface area contributed by atoms with Gasteiger partial charge in [0.1, 0.15) is 5.82 Å². The Morgan fingerprint density at radius 3 is 2.72 bits per heavy atom. The molecule has 1 aromatic carbocycles. The first-order valence-electron chi connectivity index (χ1n) is 6.06. The molecular formula is C13H18FNO2S. The van der Waals surface area contributed by atoms with Gasteiger partial charge in [-0.2, -0.15) is 0 Å². The summed E-state index contributed by atoms with van der Waals surface area (Å²) in [6.45, 7) is 1.92. The van der Waals surface area contributed by atoms with Crippen molar-refractivity contribution in [2.24, 2.45) is 5.92 Å². The van der Waals surface area contributed by atoms with E-state index in [0.717, 1.165) is 11.1 Å². The predicted octanol–water partition coefficient (Wildman–Crippen LogP) is 1.83. The number of aryl methyl sites for hydroxylation is 1. The van der Waals surface area contributed by atoms with Gasteiger partial charge >= 0.3 is 0 Å². The lowest BCUT2D eigenvalue weighted by Crippen LogP contribution is -2.27. The van der Waals surface area contributed by atoms with Crippen LogP contribution in [0.3, 0.4) is 0 Å². The molecule has 1 aliphatic rings. The van der Waals surface area contributed by atoms with Crippen LogP contribution in [0.25, 0.3) is 0 Å². The first-order chi connectivity index (χ1) is 8.43. The molecule has 2 unspecified atom stereocenters. The van der Waals surface area contributed by atoms with E-state index in [1.807, 2.05) is 6.92 Å². The topological polar surface area (TPSA) is 46.2 Å². The Bertz CT molecular complexity index is 542. The second kappa shape index (κ2) is 4.97. The van der Waals surface area contributed by atoms with Gasteiger partial charge in [-0.3, -0.25) is 0 Å². The number of rotatable bonds is 3. The molecule has 18 heavy (non-hydrogen) atoms. The largest absolute Gasteiger partial charge is 0.313 e. The van der Waals surface area contributed by atoms with Crippen LogP contribution in [0.4, 0.5) is 4.39 Å². The van der Waals surface area contributed by atoms with Crippen molar-refractivity contribution in [3.05, 3.63) is 35.1 Å². The van der Waals surface area contributed by atoms with E-state index < -0.39 is 9.84 Å². The maximum Gasteiger partial charge on any atom is 0.150 e. The molecule has 1 heterocycles. The van der Waals surface area contributed by atoms with Crippen LogP contribution in [0.15, 0.2) is 18.2 Å². The zero-order valence-electron chi connectivity index (χ0n) is 10.6. The molecule has 100 valence electrons. The Balaban J connectivity index is 2.31. The Kier molecular flexibility index (Phi) is 3.73. The van der Waals surface area contributed by atoms with E-state index >= 15 is 0 Å². The Morgan fingerprint density at radius 1 is 1.44 bits per heavy atom. The fourth-order valence-corrected chi connectivity index (χ4v) is 4.52. The molecule has 2 atom stereocenters. The maximum absolute atomic E-state index is 13.3. The smallest absolute Gasteiger partial charge is 0.150 e. The molecular weight excluding hydrogens is 253 g/mol. The highest BCUT2D eigenvalue weighted by molar-refractivity contribution is 7.91. The van der Waals surface area contributed by atoms with Gasteiger partial charge < -0.3 is 5.32 Å². The fraction of sp³-hybridized carbons (Fsp3) is 0.538. The highest BCUT2D eigenvalue weighted by Gasteiger charge is 2.34. The number of sulfone groups is 1. The number of halogens is 1. The molecule has 0 radical (unpaired) electrons. The van der Waals surface area contributed by atoms with Crippen LogP contribution in [0.1, 0.15) is 23.6 Å². The number of hydrogen-bond donors (Lipinski definition) is 1. The fourth-order valence-electron chi connectivity index (χ4n) is 2.68. The Labute approximate surface area is 107 Å². The van der Waals surface area contributed by atoms with Crippen molar-refractivity contribution in [3.63, 3.8) is 0 Å². The molecule has 1 N–H and O–H groups in total. The normalized spacial score (nSPS) is 24.1. The third-order valence-corrected chi connectivity index (χ3v) is 5.42. The number of hydrogen-bond acceptors (Lipinski definition) is 3. The summed E-state index contributed by atoms with van der Waals surface area (Å²) in [5.74, 6) is 0.177. The van der Waals surface area contributed by atoms with Crippen molar-refractivity contribution >= 4 is 9.84 Å². The molecule has 3 nitrogen and oxygen atoms in total. The molecule has 1 saturated heterocycles. The molecule has 0 saturated carbocycles. The minimum absolute atomic E-state index is 0.0282. The van der Waals surface area contributed by atoms with Crippen LogP contribution in [-0.4, -0.2) is 27.0 Å². The summed E-state index contributed by atoms with van der Waals surface area (Å²) in [5, 5.41) is 3.14. The highest BCUT2D eigenvalue weighted by atomic mass is 32.2. The molecule has 0 bridgehead atoms. The number of nitrogens with one attached hydrogen (secondary N) is 1. The van der Waals surface area contributed by atoms with Crippen molar-refractivity contribution in [2.75, 3.05) is 18.6 Å². The lowest BCUT2D eigenvalue weighted by Gasteiger charge is -2.24. The molecule has 1 aromatic rings. The van der Waals surface area contributed by atoms with Gasteiger partial charge in [0.25, 0.3) is 0 Å². The van der Waals surface area contributed by atoms with Gasteiger partial charge in [0.2, 0.25) is 0 Å². The van der Waals surface area contributed by atoms with Crippen LogP contribution >= 0.6 is 0 Å². The zero-order valence-corrected chi connectivity index (χ0v) is 11.4. The van der Waals surface area contributed by atoms with Gasteiger partial charge in [-0.1, -0.05) is 6.07 Å². The lowest BCUT2D eigenvalue weighted by atomic mass is 9.90. The van der Waals surface area contributed by atoms with Gasteiger partial charge in [-0.15, -0.1) is 0 Å². The van der Waals surface area contributed by atoms with E-state index in [0.29, 0.717) is 6.42 Å². The van der Waals surface area contributed by atoms with E-state index in [9.17, 15) is 12.8 Å². The van der Waals surface area contributed by atoms with Crippen molar-refractivity contribution < 1.29 is 12.8 Å². The summed E-state index contributed by atoms with van der Waals surface area (Å²) in [7, 11) is -1.12. The summed E-state index contributed by atoms with van der Waals surface area (Å²) in [6, 6.07) is 4.56. The molecule has 5 heteroatoms. The second-order valence-electron chi connectivity index (χ2n) is 4.93. The maximum atomic E-state index is 13.3. The van der Waals surface area contributed by atoms with Crippen LogP contribution in [0.5, 0.6) is 0 Å². The minimum Gasteiger partial charge on any atom is -0.313 e. The quantitative estimate of drug-likeness (QED) is 0.912. The molecule has 2 rings (SSSR count). The van der Waals surface area contributed by atoms with Crippen molar-refractivity contribution in [2.45, 2.75) is 19.4 Å². The Hall–Kier alpha value is -0.940. The van der Waals surface area contributed by atoms with Crippen LogP contribution in [0, 0.1) is 18.7 Å². The van der Waals surface area contributed by atoms with E-state index in [1.165, 1.54) is 12.1 Å². The van der Waals surface area contributed by atoms with Gasteiger partial charge in [-0.05, 0) is 49.6 Å². The van der Waals surface area contributed by atoms with Gasteiger partial charge in [0, 0.05) is 6.04 Å². The van der Waals surface area contributed by atoms with E-state index in [4.69, 9.17) is 0 Å². The SMILES string of the molecule is CNC(c1cc(F)ccc1C)C1CCS(=O)(=O)C1. The molecule has 1 fully saturated rings. The van der Waals surface area contributed by atoms with E-state index in [1.54, 1.807) is 13.1 Å². The van der Waals surface area contributed by atoms with Crippen molar-refractivity contribution in [3.8, 4) is 0 Å². The predicted molar refractivity (Wildman–Crippen MR) is 69.7 cm³/mol. The van der Waals surface area contributed by atoms with Crippen LogP contribution in [0.2, 0.25) is 0 Å². The average molecular weight is 271 g/mol. The third-order valence-electron chi connectivity index (χ3n) is 3.63. The molecule has 0 aliphatic carbocycles. The monoisotopic (exact) mass is 271 g/mol. The first-order valence-corrected chi connectivity index (χ1v) is 7.89. The highest BCUT2D eigenvalue weighted by Crippen LogP contribution is 2.32. The Morgan fingerprint density at radius 2 is 2.17 bits per heavy atom. The standard InChI is InChI=1S/C13H18FNO2S/c1-9-3-4-11(14)7-12(9)13(15-2)10-5-6-18(16,17)8-10/h3-4,7,10,13,15H,5-6,8H2,1-2H3. The van der Waals surface area contributed by atoms with Crippen molar-refractivity contribution in [1.29, 1.82) is 0 Å². The first kappa shape index (κ1) is 13.5.